The van der Waals surface area contributed by atoms with Crippen LogP contribution in [0.1, 0.15) is 49.8 Å². The summed E-state index contributed by atoms with van der Waals surface area (Å²) in [7, 11) is 0. The van der Waals surface area contributed by atoms with Gasteiger partial charge < -0.3 is 14.4 Å². The van der Waals surface area contributed by atoms with Crippen molar-refractivity contribution in [1.82, 2.24) is 9.97 Å². The van der Waals surface area contributed by atoms with Crippen LogP contribution in [0, 0.1) is 6.92 Å². The molecule has 1 saturated heterocycles. The van der Waals surface area contributed by atoms with Gasteiger partial charge >= 0.3 is 5.97 Å². The van der Waals surface area contributed by atoms with Gasteiger partial charge in [-0.2, -0.15) is 0 Å². The SMILES string of the molecule is Cc1nc(N2CCOCC2)[nH]c(=O)c1CCC(=O)OC1CCCCC1. The van der Waals surface area contributed by atoms with Crippen molar-refractivity contribution >= 4 is 11.9 Å². The first-order valence-corrected chi connectivity index (χ1v) is 9.25. The maximum atomic E-state index is 12.4. The topological polar surface area (TPSA) is 84.5 Å². The Kier molecular flexibility index (Phi) is 6.07. The largest absolute Gasteiger partial charge is 0.462 e. The third-order valence-corrected chi connectivity index (χ3v) is 4.95. The van der Waals surface area contributed by atoms with E-state index in [9.17, 15) is 9.59 Å². The number of morpholine rings is 1. The highest BCUT2D eigenvalue weighted by atomic mass is 16.5. The van der Waals surface area contributed by atoms with Crippen LogP contribution < -0.4 is 10.5 Å². The van der Waals surface area contributed by atoms with E-state index < -0.39 is 0 Å². The van der Waals surface area contributed by atoms with Crippen LogP contribution in [0.15, 0.2) is 4.79 Å². The molecule has 0 bridgehead atoms. The van der Waals surface area contributed by atoms with Crippen LogP contribution in [-0.4, -0.2) is 48.3 Å². The Balaban J connectivity index is 1.58. The number of carbonyl (C=O) groups excluding carboxylic acids is 1. The van der Waals surface area contributed by atoms with E-state index in [2.05, 4.69) is 9.97 Å². The minimum Gasteiger partial charge on any atom is -0.462 e. The third kappa shape index (κ3) is 4.81. The number of carbonyl (C=O) groups is 1. The Bertz CT molecular complexity index is 646. The van der Waals surface area contributed by atoms with Crippen LogP contribution in [0.2, 0.25) is 0 Å². The Hall–Kier alpha value is -1.89. The molecule has 1 aliphatic heterocycles. The van der Waals surface area contributed by atoms with E-state index in [0.29, 0.717) is 36.8 Å². The lowest BCUT2D eigenvalue weighted by Gasteiger charge is -2.27. The number of esters is 1. The third-order valence-electron chi connectivity index (χ3n) is 4.95. The molecule has 0 atom stereocenters. The quantitative estimate of drug-likeness (QED) is 0.815. The van der Waals surface area contributed by atoms with E-state index in [4.69, 9.17) is 9.47 Å². The first-order chi connectivity index (χ1) is 12.1. The summed E-state index contributed by atoms with van der Waals surface area (Å²) in [6, 6.07) is 0. The van der Waals surface area contributed by atoms with Gasteiger partial charge in [-0.1, -0.05) is 6.42 Å². The maximum absolute atomic E-state index is 12.4. The molecule has 138 valence electrons. The molecule has 1 aromatic heterocycles. The van der Waals surface area contributed by atoms with Crippen LogP contribution in [0.25, 0.3) is 0 Å². The number of hydrogen-bond donors (Lipinski definition) is 1. The normalized spacial score (nSPS) is 19.0. The molecule has 0 aromatic carbocycles. The van der Waals surface area contributed by atoms with Crippen molar-refractivity contribution in [2.75, 3.05) is 31.2 Å². The molecule has 0 radical (unpaired) electrons. The molecule has 0 unspecified atom stereocenters. The van der Waals surface area contributed by atoms with Crippen molar-refractivity contribution in [3.63, 3.8) is 0 Å². The number of H-pyrrole nitrogens is 1. The first-order valence-electron chi connectivity index (χ1n) is 9.25. The average Bonchev–Trinajstić information content (AvgIpc) is 2.62. The maximum Gasteiger partial charge on any atom is 0.306 e. The Labute approximate surface area is 147 Å². The summed E-state index contributed by atoms with van der Waals surface area (Å²) in [6.45, 7) is 4.53. The summed E-state index contributed by atoms with van der Waals surface area (Å²) in [5.41, 5.74) is 1.08. The molecule has 25 heavy (non-hydrogen) atoms. The van der Waals surface area contributed by atoms with Gasteiger partial charge in [0.15, 0.2) is 0 Å². The van der Waals surface area contributed by atoms with E-state index >= 15 is 0 Å². The lowest BCUT2D eigenvalue weighted by Crippen LogP contribution is -2.38. The van der Waals surface area contributed by atoms with Crippen molar-refractivity contribution in [3.05, 3.63) is 21.6 Å². The van der Waals surface area contributed by atoms with E-state index in [0.717, 1.165) is 38.8 Å². The molecule has 1 aliphatic carbocycles. The molecule has 2 aliphatic rings. The molecule has 1 aromatic rings. The van der Waals surface area contributed by atoms with Crippen LogP contribution in [-0.2, 0) is 20.7 Å². The number of rotatable bonds is 5. The van der Waals surface area contributed by atoms with Gasteiger partial charge in [0.05, 0.1) is 13.2 Å². The van der Waals surface area contributed by atoms with Gasteiger partial charge in [-0.15, -0.1) is 0 Å². The van der Waals surface area contributed by atoms with Crippen molar-refractivity contribution in [2.24, 2.45) is 0 Å². The molecule has 7 heteroatoms. The number of aryl methyl sites for hydroxylation is 1. The number of nitrogens with zero attached hydrogens (tertiary/aromatic N) is 2. The summed E-state index contributed by atoms with van der Waals surface area (Å²) in [5.74, 6) is 0.363. The first kappa shape index (κ1) is 17.9. The zero-order chi connectivity index (χ0) is 17.6. The minimum absolute atomic E-state index is 0.0578. The second kappa shape index (κ2) is 8.47. The highest BCUT2D eigenvalue weighted by Gasteiger charge is 2.19. The standard InChI is InChI=1S/C18H27N3O4/c1-13-15(7-8-16(22)25-14-5-3-2-4-6-14)17(23)20-18(19-13)21-9-11-24-12-10-21/h14H,2-12H2,1H3,(H,19,20,23). The molecular weight excluding hydrogens is 322 g/mol. The van der Waals surface area contributed by atoms with Crippen molar-refractivity contribution in [2.45, 2.75) is 58.0 Å². The Morgan fingerprint density at radius 1 is 1.28 bits per heavy atom. The zero-order valence-electron chi connectivity index (χ0n) is 14.9. The fourth-order valence-corrected chi connectivity index (χ4v) is 3.47. The van der Waals surface area contributed by atoms with Crippen LogP contribution >= 0.6 is 0 Å². The fourth-order valence-electron chi connectivity index (χ4n) is 3.47. The van der Waals surface area contributed by atoms with E-state index in [-0.39, 0.29) is 24.1 Å². The molecule has 7 nitrogen and oxygen atoms in total. The van der Waals surface area contributed by atoms with E-state index in [1.54, 1.807) is 0 Å². The summed E-state index contributed by atoms with van der Waals surface area (Å²) in [6.07, 6.45) is 6.05. The van der Waals surface area contributed by atoms with Crippen LogP contribution in [0.5, 0.6) is 0 Å². The molecule has 1 N–H and O–H groups in total. The number of nitrogens with one attached hydrogen (secondary N) is 1. The molecule has 1 saturated carbocycles. The highest BCUT2D eigenvalue weighted by Crippen LogP contribution is 2.21. The van der Waals surface area contributed by atoms with Gasteiger partial charge in [0.2, 0.25) is 5.95 Å². The number of aromatic amines is 1. The molecular formula is C18H27N3O4. The smallest absolute Gasteiger partial charge is 0.306 e. The van der Waals surface area contributed by atoms with Crippen LogP contribution in [0.3, 0.4) is 0 Å². The predicted molar refractivity (Wildman–Crippen MR) is 93.9 cm³/mol. The van der Waals surface area contributed by atoms with Crippen LogP contribution in [0.4, 0.5) is 5.95 Å². The van der Waals surface area contributed by atoms with E-state index in [1.807, 2.05) is 11.8 Å². The summed E-state index contributed by atoms with van der Waals surface area (Å²) in [4.78, 5) is 33.8. The van der Waals surface area contributed by atoms with Crippen molar-refractivity contribution < 1.29 is 14.3 Å². The Morgan fingerprint density at radius 3 is 2.68 bits per heavy atom. The van der Waals surface area contributed by atoms with Gasteiger partial charge in [-0.25, -0.2) is 4.98 Å². The van der Waals surface area contributed by atoms with Gasteiger partial charge in [-0.3, -0.25) is 14.6 Å². The predicted octanol–water partition coefficient (Wildman–Crippen LogP) is 1.72. The zero-order valence-corrected chi connectivity index (χ0v) is 14.9. The molecule has 2 fully saturated rings. The van der Waals surface area contributed by atoms with Gasteiger partial charge in [0, 0.05) is 30.8 Å². The van der Waals surface area contributed by atoms with Gasteiger partial charge in [0.25, 0.3) is 5.56 Å². The molecule has 3 rings (SSSR count). The van der Waals surface area contributed by atoms with Crippen molar-refractivity contribution in [1.29, 1.82) is 0 Å². The molecule has 0 amide bonds. The lowest BCUT2D eigenvalue weighted by molar-refractivity contribution is -0.150. The second-order valence-corrected chi connectivity index (χ2v) is 6.80. The summed E-state index contributed by atoms with van der Waals surface area (Å²) < 4.78 is 10.8. The van der Waals surface area contributed by atoms with Crippen molar-refractivity contribution in [3.8, 4) is 0 Å². The Morgan fingerprint density at radius 2 is 2.00 bits per heavy atom. The average molecular weight is 349 g/mol. The number of hydrogen-bond acceptors (Lipinski definition) is 6. The number of ether oxygens (including phenoxy) is 2. The molecule has 2 heterocycles. The van der Waals surface area contributed by atoms with E-state index in [1.165, 1.54) is 6.42 Å². The number of anilines is 1. The lowest BCUT2D eigenvalue weighted by atomic mass is 9.98. The second-order valence-electron chi connectivity index (χ2n) is 6.80. The minimum atomic E-state index is -0.219. The van der Waals surface area contributed by atoms with Gasteiger partial charge in [0.1, 0.15) is 6.10 Å². The summed E-state index contributed by atoms with van der Waals surface area (Å²) in [5, 5.41) is 0. The highest BCUT2D eigenvalue weighted by molar-refractivity contribution is 5.70. The monoisotopic (exact) mass is 349 g/mol. The fraction of sp³-hybridized carbons (Fsp3) is 0.722. The van der Waals surface area contributed by atoms with Gasteiger partial charge in [-0.05, 0) is 39.0 Å². The summed E-state index contributed by atoms with van der Waals surface area (Å²) >= 11 is 0. The molecule has 0 spiro atoms. The number of aromatic nitrogens is 2.